The highest BCUT2D eigenvalue weighted by atomic mass is 16.5. The van der Waals surface area contributed by atoms with E-state index in [1.54, 1.807) is 7.11 Å². The molecule has 0 bridgehead atoms. The van der Waals surface area contributed by atoms with Crippen LogP contribution in [0.3, 0.4) is 0 Å². The molecule has 1 fully saturated rings. The molecule has 1 N–H and O–H groups in total. The molecule has 2 aromatic rings. The zero-order valence-electron chi connectivity index (χ0n) is 17.6. The lowest BCUT2D eigenvalue weighted by molar-refractivity contribution is 0.228. The number of hydrogen-bond donors (Lipinski definition) is 1. The van der Waals surface area contributed by atoms with Gasteiger partial charge in [0.2, 0.25) is 0 Å². The van der Waals surface area contributed by atoms with Crippen LogP contribution in [0.4, 0.5) is 0 Å². The molecule has 2 unspecified atom stereocenters. The Kier molecular flexibility index (Phi) is 6.05. The molecule has 2 aromatic carbocycles. The van der Waals surface area contributed by atoms with Gasteiger partial charge in [0, 0.05) is 31.1 Å². The van der Waals surface area contributed by atoms with Gasteiger partial charge in [0.15, 0.2) is 11.5 Å². The monoisotopic (exact) mass is 393 g/mol. The molecule has 2 heterocycles. The third kappa shape index (κ3) is 4.40. The molecule has 2 aliphatic rings. The fraction of sp³-hybridized carbons (Fsp3) is 0.458. The molecule has 0 amide bonds. The number of nitrogens with one attached hydrogen (secondary N) is 1. The number of ether oxygens (including phenoxy) is 2. The van der Waals surface area contributed by atoms with Gasteiger partial charge < -0.3 is 19.8 Å². The lowest BCUT2D eigenvalue weighted by atomic mass is 9.86. The topological polar surface area (TPSA) is 46.1 Å². The van der Waals surface area contributed by atoms with Crippen LogP contribution in [-0.4, -0.2) is 37.4 Å². The summed E-state index contributed by atoms with van der Waals surface area (Å²) < 4.78 is 11.7. The SMILES string of the molecule is CCCN1CCC2=NNC(c3ccc(OCc4ccc(C)cc4)c(OC)c3)C2C1. The molecule has 0 radical (unpaired) electrons. The summed E-state index contributed by atoms with van der Waals surface area (Å²) in [5.74, 6) is 1.97. The van der Waals surface area contributed by atoms with Crippen LogP contribution in [0.1, 0.15) is 42.5 Å². The highest BCUT2D eigenvalue weighted by Gasteiger charge is 2.37. The molecule has 5 nitrogen and oxygen atoms in total. The largest absolute Gasteiger partial charge is 0.493 e. The highest BCUT2D eigenvalue weighted by Crippen LogP contribution is 2.37. The number of piperidine rings is 1. The molecule has 5 heteroatoms. The van der Waals surface area contributed by atoms with Crippen LogP contribution < -0.4 is 14.9 Å². The number of rotatable bonds is 7. The third-order valence-corrected chi connectivity index (χ3v) is 5.92. The highest BCUT2D eigenvalue weighted by molar-refractivity contribution is 5.90. The van der Waals surface area contributed by atoms with Crippen LogP contribution in [0, 0.1) is 12.8 Å². The zero-order valence-corrected chi connectivity index (χ0v) is 17.6. The van der Waals surface area contributed by atoms with Gasteiger partial charge in [-0.05, 0) is 43.1 Å². The first-order valence-electron chi connectivity index (χ1n) is 10.6. The van der Waals surface area contributed by atoms with Crippen molar-refractivity contribution in [2.75, 3.05) is 26.7 Å². The van der Waals surface area contributed by atoms with Crippen LogP contribution in [0.2, 0.25) is 0 Å². The van der Waals surface area contributed by atoms with Crippen LogP contribution in [-0.2, 0) is 6.61 Å². The second-order valence-corrected chi connectivity index (χ2v) is 8.05. The molecule has 154 valence electrons. The van der Waals surface area contributed by atoms with Crippen molar-refractivity contribution in [3.8, 4) is 11.5 Å². The standard InChI is InChI=1S/C24H31N3O2/c1-4-12-27-13-11-21-20(15-27)24(26-25-21)19-9-10-22(23(14-19)28-3)29-16-18-7-5-17(2)6-8-18/h5-10,14,20,24,26H,4,11-13,15-16H2,1-3H3. The number of nitrogens with zero attached hydrogens (tertiary/aromatic N) is 2. The number of aryl methyl sites for hydroxylation is 1. The van der Waals surface area contributed by atoms with E-state index in [1.807, 2.05) is 6.07 Å². The van der Waals surface area contributed by atoms with Gasteiger partial charge in [-0.25, -0.2) is 0 Å². The zero-order chi connectivity index (χ0) is 20.2. The Morgan fingerprint density at radius 1 is 1.14 bits per heavy atom. The summed E-state index contributed by atoms with van der Waals surface area (Å²) in [5, 5.41) is 4.64. The van der Waals surface area contributed by atoms with Crippen LogP contribution in [0.25, 0.3) is 0 Å². The van der Waals surface area contributed by atoms with Crippen LogP contribution in [0.15, 0.2) is 47.6 Å². The first kappa shape index (κ1) is 19.8. The fourth-order valence-corrected chi connectivity index (χ4v) is 4.28. The van der Waals surface area contributed by atoms with Crippen molar-refractivity contribution in [3.05, 3.63) is 59.2 Å². The number of methoxy groups -OCH3 is 1. The van der Waals surface area contributed by atoms with Gasteiger partial charge >= 0.3 is 0 Å². The van der Waals surface area contributed by atoms with E-state index in [2.05, 4.69) is 65.7 Å². The fourth-order valence-electron chi connectivity index (χ4n) is 4.28. The molecule has 29 heavy (non-hydrogen) atoms. The van der Waals surface area contributed by atoms with Gasteiger partial charge in [-0.2, -0.15) is 5.10 Å². The van der Waals surface area contributed by atoms with Gasteiger partial charge in [0.1, 0.15) is 6.61 Å². The smallest absolute Gasteiger partial charge is 0.161 e. The van der Waals surface area contributed by atoms with E-state index in [0.29, 0.717) is 12.5 Å². The molecule has 2 aliphatic heterocycles. The summed E-state index contributed by atoms with van der Waals surface area (Å²) in [6, 6.07) is 14.9. The van der Waals surface area contributed by atoms with Gasteiger partial charge in [0.25, 0.3) is 0 Å². The molecule has 4 rings (SSSR count). The number of benzene rings is 2. The summed E-state index contributed by atoms with van der Waals surface area (Å²) in [6.45, 7) is 8.21. The number of likely N-dealkylation sites (tertiary alicyclic amines) is 1. The van der Waals surface area contributed by atoms with E-state index < -0.39 is 0 Å². The summed E-state index contributed by atoms with van der Waals surface area (Å²) in [5.41, 5.74) is 8.28. The van der Waals surface area contributed by atoms with Gasteiger partial charge in [0.05, 0.1) is 13.2 Å². The number of fused-ring (bicyclic) bond motifs is 1. The molecule has 2 atom stereocenters. The summed E-state index contributed by atoms with van der Waals surface area (Å²) in [7, 11) is 1.70. The second kappa shape index (κ2) is 8.87. The summed E-state index contributed by atoms with van der Waals surface area (Å²) >= 11 is 0. The van der Waals surface area contributed by atoms with E-state index in [0.717, 1.165) is 43.1 Å². The molecular weight excluding hydrogens is 362 g/mol. The number of hydrazone groups is 1. The lowest BCUT2D eigenvalue weighted by Gasteiger charge is -2.33. The average Bonchev–Trinajstić information content (AvgIpc) is 3.17. The molecule has 0 saturated carbocycles. The molecule has 1 saturated heterocycles. The van der Waals surface area contributed by atoms with Crippen LogP contribution >= 0.6 is 0 Å². The Morgan fingerprint density at radius 3 is 2.72 bits per heavy atom. The van der Waals surface area contributed by atoms with Crippen molar-refractivity contribution >= 4 is 5.71 Å². The van der Waals surface area contributed by atoms with Crippen molar-refractivity contribution in [1.29, 1.82) is 0 Å². The maximum absolute atomic E-state index is 6.04. The van der Waals surface area contributed by atoms with Crippen molar-refractivity contribution in [1.82, 2.24) is 10.3 Å². The molecule has 0 spiro atoms. The van der Waals surface area contributed by atoms with Gasteiger partial charge in [-0.1, -0.05) is 42.8 Å². The average molecular weight is 394 g/mol. The first-order chi connectivity index (χ1) is 14.2. The quantitative estimate of drug-likeness (QED) is 0.761. The Morgan fingerprint density at radius 2 is 1.97 bits per heavy atom. The predicted octanol–water partition coefficient (Wildman–Crippen LogP) is 4.31. The Balaban J connectivity index is 1.47. The van der Waals surface area contributed by atoms with E-state index in [-0.39, 0.29) is 6.04 Å². The molecule has 0 aromatic heterocycles. The maximum atomic E-state index is 6.04. The third-order valence-electron chi connectivity index (χ3n) is 5.92. The van der Waals surface area contributed by atoms with Crippen molar-refractivity contribution in [2.45, 2.75) is 39.3 Å². The summed E-state index contributed by atoms with van der Waals surface area (Å²) in [6.07, 6.45) is 2.25. The maximum Gasteiger partial charge on any atom is 0.161 e. The van der Waals surface area contributed by atoms with Crippen molar-refractivity contribution < 1.29 is 9.47 Å². The van der Waals surface area contributed by atoms with Gasteiger partial charge in [-0.15, -0.1) is 0 Å². The lowest BCUT2D eigenvalue weighted by Crippen LogP contribution is -2.42. The number of hydrogen-bond acceptors (Lipinski definition) is 5. The minimum Gasteiger partial charge on any atom is -0.493 e. The van der Waals surface area contributed by atoms with E-state index >= 15 is 0 Å². The van der Waals surface area contributed by atoms with Crippen LogP contribution in [0.5, 0.6) is 11.5 Å². The predicted molar refractivity (Wildman–Crippen MR) is 117 cm³/mol. The van der Waals surface area contributed by atoms with E-state index in [1.165, 1.54) is 23.3 Å². The van der Waals surface area contributed by atoms with Crippen molar-refractivity contribution in [3.63, 3.8) is 0 Å². The normalized spacial score (nSPS) is 21.3. The molecule has 0 aliphatic carbocycles. The Labute approximate surface area is 173 Å². The second-order valence-electron chi connectivity index (χ2n) is 8.05. The Hall–Kier alpha value is -2.53. The van der Waals surface area contributed by atoms with E-state index in [4.69, 9.17) is 9.47 Å². The van der Waals surface area contributed by atoms with Crippen molar-refractivity contribution in [2.24, 2.45) is 11.0 Å². The minimum atomic E-state index is 0.199. The van der Waals surface area contributed by atoms with E-state index in [9.17, 15) is 0 Å². The Bertz CT molecular complexity index is 863. The summed E-state index contributed by atoms with van der Waals surface area (Å²) in [4.78, 5) is 2.56. The minimum absolute atomic E-state index is 0.199. The first-order valence-corrected chi connectivity index (χ1v) is 10.6. The van der Waals surface area contributed by atoms with Gasteiger partial charge in [-0.3, -0.25) is 0 Å². The molecular formula is C24H31N3O2.